The molecule has 0 aliphatic heterocycles. The SMILES string of the molecule is CCCC(CCc1c(F)cccc1Cl)NC. The Kier molecular flexibility index (Phi) is 5.78. The minimum atomic E-state index is -0.196. The van der Waals surface area contributed by atoms with Gasteiger partial charge in [0.05, 0.1) is 0 Å². The molecule has 1 aromatic rings. The van der Waals surface area contributed by atoms with Crippen molar-refractivity contribution >= 4 is 11.6 Å². The van der Waals surface area contributed by atoms with Crippen molar-refractivity contribution in [3.8, 4) is 0 Å². The summed E-state index contributed by atoms with van der Waals surface area (Å²) in [5.41, 5.74) is 0.639. The van der Waals surface area contributed by atoms with E-state index in [0.717, 1.165) is 19.3 Å². The predicted molar refractivity (Wildman–Crippen MR) is 67.5 cm³/mol. The molecule has 0 bridgehead atoms. The van der Waals surface area contributed by atoms with Crippen LogP contribution in [0.3, 0.4) is 0 Å². The molecule has 0 saturated heterocycles. The number of nitrogens with one attached hydrogen (secondary N) is 1. The van der Waals surface area contributed by atoms with Gasteiger partial charge < -0.3 is 5.32 Å². The average molecular weight is 244 g/mol. The Morgan fingerprint density at radius 3 is 2.69 bits per heavy atom. The highest BCUT2D eigenvalue weighted by atomic mass is 35.5. The van der Waals surface area contributed by atoms with E-state index in [4.69, 9.17) is 11.6 Å². The van der Waals surface area contributed by atoms with Gasteiger partial charge in [0.25, 0.3) is 0 Å². The number of halogens is 2. The van der Waals surface area contributed by atoms with Crippen LogP contribution in [0.1, 0.15) is 31.7 Å². The predicted octanol–water partition coefficient (Wildman–Crippen LogP) is 3.80. The molecule has 0 aliphatic rings. The first-order valence-electron chi connectivity index (χ1n) is 5.79. The van der Waals surface area contributed by atoms with Crippen LogP contribution in [0.2, 0.25) is 5.02 Å². The number of rotatable bonds is 6. The minimum Gasteiger partial charge on any atom is -0.317 e. The van der Waals surface area contributed by atoms with Gasteiger partial charge in [-0.05, 0) is 38.4 Å². The van der Waals surface area contributed by atoms with Crippen LogP contribution in [0, 0.1) is 5.82 Å². The Bertz CT molecular complexity index is 307. The molecule has 1 N–H and O–H groups in total. The fourth-order valence-electron chi connectivity index (χ4n) is 1.87. The summed E-state index contributed by atoms with van der Waals surface area (Å²) in [6, 6.07) is 5.30. The highest BCUT2D eigenvalue weighted by Crippen LogP contribution is 2.21. The largest absolute Gasteiger partial charge is 0.317 e. The van der Waals surface area contributed by atoms with Crippen molar-refractivity contribution in [2.24, 2.45) is 0 Å². The molecule has 0 aromatic heterocycles. The normalized spacial score (nSPS) is 12.8. The van der Waals surface area contributed by atoms with Crippen LogP contribution in [-0.4, -0.2) is 13.1 Å². The first-order valence-corrected chi connectivity index (χ1v) is 6.17. The van der Waals surface area contributed by atoms with Gasteiger partial charge in [0.15, 0.2) is 0 Å². The lowest BCUT2D eigenvalue weighted by Gasteiger charge is -2.15. The summed E-state index contributed by atoms with van der Waals surface area (Å²) < 4.78 is 13.5. The maximum atomic E-state index is 13.5. The first-order chi connectivity index (χ1) is 7.69. The van der Waals surface area contributed by atoms with Crippen molar-refractivity contribution in [3.05, 3.63) is 34.6 Å². The fraction of sp³-hybridized carbons (Fsp3) is 0.538. The summed E-state index contributed by atoms with van der Waals surface area (Å²) in [5, 5.41) is 3.78. The van der Waals surface area contributed by atoms with E-state index in [1.165, 1.54) is 6.07 Å². The maximum Gasteiger partial charge on any atom is 0.127 e. The van der Waals surface area contributed by atoms with Crippen LogP contribution < -0.4 is 5.32 Å². The molecule has 1 nitrogen and oxygen atoms in total. The molecule has 1 rings (SSSR count). The van der Waals surface area contributed by atoms with Gasteiger partial charge in [-0.3, -0.25) is 0 Å². The standard InChI is InChI=1S/C13H19ClFN/c1-3-5-10(16-2)8-9-11-12(14)6-4-7-13(11)15/h4,6-7,10,16H,3,5,8-9H2,1-2H3. The molecular formula is C13H19ClFN. The van der Waals surface area contributed by atoms with Gasteiger partial charge in [-0.2, -0.15) is 0 Å². The molecule has 0 fully saturated rings. The lowest BCUT2D eigenvalue weighted by molar-refractivity contribution is 0.478. The van der Waals surface area contributed by atoms with Crippen molar-refractivity contribution in [2.45, 2.75) is 38.6 Å². The monoisotopic (exact) mass is 243 g/mol. The number of benzene rings is 1. The zero-order valence-electron chi connectivity index (χ0n) is 9.89. The molecule has 1 aromatic carbocycles. The molecule has 0 heterocycles. The molecule has 0 spiro atoms. The smallest absolute Gasteiger partial charge is 0.127 e. The van der Waals surface area contributed by atoms with Crippen molar-refractivity contribution in [3.63, 3.8) is 0 Å². The van der Waals surface area contributed by atoms with E-state index in [1.54, 1.807) is 12.1 Å². The highest BCUT2D eigenvalue weighted by Gasteiger charge is 2.10. The molecule has 0 aliphatic carbocycles. The Hall–Kier alpha value is -0.600. The van der Waals surface area contributed by atoms with Gasteiger partial charge in [-0.25, -0.2) is 4.39 Å². The van der Waals surface area contributed by atoms with E-state index < -0.39 is 0 Å². The Labute approximate surface area is 102 Å². The summed E-state index contributed by atoms with van der Waals surface area (Å²) in [7, 11) is 1.95. The molecule has 1 unspecified atom stereocenters. The second-order valence-electron chi connectivity index (χ2n) is 4.01. The number of hydrogen-bond donors (Lipinski definition) is 1. The van der Waals surface area contributed by atoms with Crippen LogP contribution in [-0.2, 0) is 6.42 Å². The van der Waals surface area contributed by atoms with Gasteiger partial charge in [-0.15, -0.1) is 0 Å². The van der Waals surface area contributed by atoms with Crippen molar-refractivity contribution in [1.29, 1.82) is 0 Å². The molecule has 1 atom stereocenters. The maximum absolute atomic E-state index is 13.5. The number of hydrogen-bond acceptors (Lipinski definition) is 1. The van der Waals surface area contributed by atoms with Gasteiger partial charge >= 0.3 is 0 Å². The van der Waals surface area contributed by atoms with Crippen LogP contribution >= 0.6 is 11.6 Å². The highest BCUT2D eigenvalue weighted by molar-refractivity contribution is 6.31. The zero-order valence-corrected chi connectivity index (χ0v) is 10.6. The van der Waals surface area contributed by atoms with Crippen LogP contribution in [0.4, 0.5) is 4.39 Å². The molecule has 16 heavy (non-hydrogen) atoms. The second-order valence-corrected chi connectivity index (χ2v) is 4.42. The summed E-state index contributed by atoms with van der Waals surface area (Å²) in [4.78, 5) is 0. The van der Waals surface area contributed by atoms with Crippen molar-refractivity contribution in [2.75, 3.05) is 7.05 Å². The van der Waals surface area contributed by atoms with Gasteiger partial charge in [0, 0.05) is 16.6 Å². The third kappa shape index (κ3) is 3.76. The third-order valence-electron chi connectivity index (χ3n) is 2.85. The molecule has 0 amide bonds. The zero-order chi connectivity index (χ0) is 12.0. The van der Waals surface area contributed by atoms with Crippen LogP contribution in [0.25, 0.3) is 0 Å². The summed E-state index contributed by atoms with van der Waals surface area (Å²) in [6.07, 6.45) is 3.86. The van der Waals surface area contributed by atoms with Crippen molar-refractivity contribution in [1.82, 2.24) is 5.32 Å². The van der Waals surface area contributed by atoms with E-state index in [9.17, 15) is 4.39 Å². The van der Waals surface area contributed by atoms with Gasteiger partial charge in [0.2, 0.25) is 0 Å². The first kappa shape index (κ1) is 13.5. The topological polar surface area (TPSA) is 12.0 Å². The van der Waals surface area contributed by atoms with Crippen LogP contribution in [0.15, 0.2) is 18.2 Å². The lowest BCUT2D eigenvalue weighted by Crippen LogP contribution is -2.25. The Balaban J connectivity index is 2.59. The summed E-state index contributed by atoms with van der Waals surface area (Å²) >= 11 is 5.97. The van der Waals surface area contributed by atoms with Gasteiger partial charge in [0.1, 0.15) is 5.82 Å². The van der Waals surface area contributed by atoms with Crippen molar-refractivity contribution < 1.29 is 4.39 Å². The average Bonchev–Trinajstić information content (AvgIpc) is 2.27. The molecule has 0 saturated carbocycles. The van der Waals surface area contributed by atoms with Gasteiger partial charge in [-0.1, -0.05) is 31.0 Å². The van der Waals surface area contributed by atoms with E-state index in [0.29, 0.717) is 23.0 Å². The van der Waals surface area contributed by atoms with E-state index in [-0.39, 0.29) is 5.82 Å². The fourth-order valence-corrected chi connectivity index (χ4v) is 2.13. The lowest BCUT2D eigenvalue weighted by atomic mass is 10.0. The second kappa shape index (κ2) is 6.87. The van der Waals surface area contributed by atoms with Crippen LogP contribution in [0.5, 0.6) is 0 Å². The molecular weight excluding hydrogens is 225 g/mol. The quantitative estimate of drug-likeness (QED) is 0.802. The molecule has 3 heteroatoms. The molecule has 0 radical (unpaired) electrons. The summed E-state index contributed by atoms with van der Waals surface area (Å²) in [5.74, 6) is -0.196. The Morgan fingerprint density at radius 1 is 1.38 bits per heavy atom. The minimum absolute atomic E-state index is 0.196. The third-order valence-corrected chi connectivity index (χ3v) is 3.20. The summed E-state index contributed by atoms with van der Waals surface area (Å²) in [6.45, 7) is 2.15. The van der Waals surface area contributed by atoms with E-state index in [1.807, 2.05) is 7.05 Å². The van der Waals surface area contributed by atoms with E-state index in [2.05, 4.69) is 12.2 Å². The van der Waals surface area contributed by atoms with E-state index >= 15 is 0 Å². The molecule has 90 valence electrons. The Morgan fingerprint density at radius 2 is 2.12 bits per heavy atom.